The number of aryl methyl sites for hydroxylation is 1. The van der Waals surface area contributed by atoms with Gasteiger partial charge in [-0.2, -0.15) is 0 Å². The number of ether oxygens (including phenoxy) is 1. The van der Waals surface area contributed by atoms with Crippen molar-refractivity contribution in [1.29, 1.82) is 0 Å². The maximum absolute atomic E-state index is 13.7. The Morgan fingerprint density at radius 2 is 1.85 bits per heavy atom. The molecule has 2 saturated heterocycles. The van der Waals surface area contributed by atoms with Crippen LogP contribution < -0.4 is 10.9 Å². The lowest BCUT2D eigenvalue weighted by atomic mass is 9.71. The molecule has 0 radical (unpaired) electrons. The molecule has 1 saturated carbocycles. The molecule has 1 spiro atoms. The first-order valence-electron chi connectivity index (χ1n) is 15.3. The standard InChI is InChI=1S/C33H44N4O3S/c1-21-17-29(41-4)27(31(38)35-21)18-34-32(39)30-23(3)37(28-8-6-5-7-26(28)30)22(2)24-9-11-25(12-10-24)36-19-33(20-36)13-15-40-16-14-33/h5-8,17,22,24-25H,9-16,18-20H2,1-4H3,(H,34,39)(H,35,38)/t22-,24-,25+/m1/s1. The number of nitrogens with zero attached hydrogens (tertiary/aromatic N) is 2. The van der Waals surface area contributed by atoms with E-state index in [2.05, 4.69) is 51.8 Å². The molecule has 3 aliphatic rings. The number of likely N-dealkylation sites (tertiary alicyclic amines) is 1. The van der Waals surface area contributed by atoms with Gasteiger partial charge in [-0.05, 0) is 83.6 Å². The summed E-state index contributed by atoms with van der Waals surface area (Å²) in [5, 5.41) is 4.05. The predicted molar refractivity (Wildman–Crippen MR) is 166 cm³/mol. The zero-order valence-electron chi connectivity index (χ0n) is 24.9. The number of nitrogens with one attached hydrogen (secondary N) is 2. The summed E-state index contributed by atoms with van der Waals surface area (Å²) in [7, 11) is 0. The first-order chi connectivity index (χ1) is 19.8. The Hall–Kier alpha value is -2.55. The van der Waals surface area contributed by atoms with Crippen LogP contribution in [0.3, 0.4) is 0 Å². The molecule has 0 unspecified atom stereocenters. The monoisotopic (exact) mass is 576 g/mol. The molecule has 4 heterocycles. The summed E-state index contributed by atoms with van der Waals surface area (Å²) in [5.74, 6) is 0.463. The molecule has 1 amide bonds. The number of thioether (sulfide) groups is 1. The summed E-state index contributed by atoms with van der Waals surface area (Å²) in [6.45, 7) is 10.9. The fraction of sp³-hybridized carbons (Fsp3) is 0.576. The lowest BCUT2D eigenvalue weighted by Crippen LogP contribution is -2.61. The average molecular weight is 577 g/mol. The summed E-state index contributed by atoms with van der Waals surface area (Å²) in [5.41, 5.74) is 4.66. The van der Waals surface area contributed by atoms with E-state index < -0.39 is 0 Å². The molecule has 6 rings (SSSR count). The van der Waals surface area contributed by atoms with E-state index in [4.69, 9.17) is 4.74 Å². The predicted octanol–water partition coefficient (Wildman–Crippen LogP) is 5.83. The summed E-state index contributed by atoms with van der Waals surface area (Å²) < 4.78 is 8.02. The molecule has 8 heteroatoms. The first kappa shape index (κ1) is 28.6. The zero-order valence-corrected chi connectivity index (χ0v) is 25.7. The topological polar surface area (TPSA) is 79.4 Å². The van der Waals surface area contributed by atoms with Crippen molar-refractivity contribution in [2.75, 3.05) is 32.6 Å². The SMILES string of the molecule is CSc1cc(C)[nH]c(=O)c1CNC(=O)c1c(C)n([C@H](C)[C@H]2CC[C@@H](N3CC4(CCOCC4)C3)CC2)c2ccccc12. The highest BCUT2D eigenvalue weighted by Crippen LogP contribution is 2.45. The van der Waals surface area contributed by atoms with E-state index in [-0.39, 0.29) is 18.0 Å². The molecule has 220 valence electrons. The van der Waals surface area contributed by atoms with Crippen molar-refractivity contribution >= 4 is 28.6 Å². The molecule has 0 bridgehead atoms. The van der Waals surface area contributed by atoms with Crippen LogP contribution in [0.15, 0.2) is 40.0 Å². The Balaban J connectivity index is 1.16. The molecule has 7 nitrogen and oxygen atoms in total. The second-order valence-electron chi connectivity index (χ2n) is 12.7. The van der Waals surface area contributed by atoms with E-state index in [1.54, 1.807) is 0 Å². The number of carbonyl (C=O) groups excluding carboxylic acids is 1. The number of fused-ring (bicyclic) bond motifs is 1. The van der Waals surface area contributed by atoms with E-state index >= 15 is 0 Å². The number of pyridine rings is 1. The minimum Gasteiger partial charge on any atom is -0.381 e. The van der Waals surface area contributed by atoms with Gasteiger partial charge in [0.15, 0.2) is 0 Å². The minimum atomic E-state index is -0.140. The van der Waals surface area contributed by atoms with Gasteiger partial charge in [0, 0.05) is 83.1 Å². The molecule has 1 aromatic carbocycles. The first-order valence-corrected chi connectivity index (χ1v) is 16.5. The number of carbonyl (C=O) groups is 1. The van der Waals surface area contributed by atoms with Crippen molar-refractivity contribution in [3.63, 3.8) is 0 Å². The van der Waals surface area contributed by atoms with Crippen molar-refractivity contribution in [2.45, 2.75) is 82.8 Å². The van der Waals surface area contributed by atoms with Crippen molar-refractivity contribution in [3.05, 3.63) is 63.2 Å². The third-order valence-electron chi connectivity index (χ3n) is 10.2. The molecule has 2 N–H and O–H groups in total. The van der Waals surface area contributed by atoms with Gasteiger partial charge in [-0.15, -0.1) is 11.8 Å². The lowest BCUT2D eigenvalue weighted by molar-refractivity contribution is -0.104. The smallest absolute Gasteiger partial charge is 0.254 e. The van der Waals surface area contributed by atoms with Gasteiger partial charge in [-0.1, -0.05) is 18.2 Å². The third kappa shape index (κ3) is 5.39. The average Bonchev–Trinajstić information content (AvgIpc) is 3.26. The highest BCUT2D eigenvalue weighted by Gasteiger charge is 2.46. The second-order valence-corrected chi connectivity index (χ2v) is 13.5. The van der Waals surface area contributed by atoms with Crippen LogP contribution in [-0.2, 0) is 11.3 Å². The third-order valence-corrected chi connectivity index (χ3v) is 11.0. The highest BCUT2D eigenvalue weighted by molar-refractivity contribution is 7.98. The number of aromatic nitrogens is 2. The van der Waals surface area contributed by atoms with Gasteiger partial charge in [0.25, 0.3) is 11.5 Å². The number of aromatic amines is 1. The van der Waals surface area contributed by atoms with Crippen molar-refractivity contribution in [1.82, 2.24) is 19.8 Å². The van der Waals surface area contributed by atoms with Gasteiger partial charge in [0.1, 0.15) is 0 Å². The Morgan fingerprint density at radius 1 is 1.15 bits per heavy atom. The molecular formula is C33H44N4O3S. The van der Waals surface area contributed by atoms with Crippen LogP contribution in [0.5, 0.6) is 0 Å². The second kappa shape index (κ2) is 11.6. The van der Waals surface area contributed by atoms with Gasteiger partial charge in [0.05, 0.1) is 5.56 Å². The summed E-state index contributed by atoms with van der Waals surface area (Å²) in [6, 6.07) is 11.3. The Labute approximate surface area is 247 Å². The maximum Gasteiger partial charge on any atom is 0.254 e. The van der Waals surface area contributed by atoms with Gasteiger partial charge in [-0.3, -0.25) is 14.5 Å². The fourth-order valence-corrected chi connectivity index (χ4v) is 8.56. The van der Waals surface area contributed by atoms with Crippen LogP contribution >= 0.6 is 11.8 Å². The summed E-state index contributed by atoms with van der Waals surface area (Å²) in [4.78, 5) is 32.8. The largest absolute Gasteiger partial charge is 0.381 e. The quantitative estimate of drug-likeness (QED) is 0.346. The number of benzene rings is 1. The summed E-state index contributed by atoms with van der Waals surface area (Å²) in [6.07, 6.45) is 9.38. The molecule has 3 aromatic rings. The van der Waals surface area contributed by atoms with Gasteiger partial charge < -0.3 is 19.6 Å². The Morgan fingerprint density at radius 3 is 2.56 bits per heavy atom. The van der Waals surface area contributed by atoms with E-state index in [0.717, 1.165) is 46.0 Å². The van der Waals surface area contributed by atoms with Crippen molar-refractivity contribution < 1.29 is 9.53 Å². The number of hydrogen-bond donors (Lipinski definition) is 2. The molecule has 2 aromatic heterocycles. The molecule has 1 atom stereocenters. The fourth-order valence-electron chi connectivity index (χ4n) is 7.85. The van der Waals surface area contributed by atoms with Crippen LogP contribution in [0.2, 0.25) is 0 Å². The number of H-pyrrole nitrogens is 1. The summed E-state index contributed by atoms with van der Waals surface area (Å²) >= 11 is 1.53. The Kier molecular flexibility index (Phi) is 8.09. The van der Waals surface area contributed by atoms with Crippen LogP contribution in [0.4, 0.5) is 0 Å². The normalized spacial score (nSPS) is 23.4. The number of hydrogen-bond acceptors (Lipinski definition) is 5. The van der Waals surface area contributed by atoms with Crippen LogP contribution in [0, 0.1) is 25.2 Å². The van der Waals surface area contributed by atoms with E-state index in [1.165, 1.54) is 63.4 Å². The number of para-hydroxylation sites is 1. The van der Waals surface area contributed by atoms with Gasteiger partial charge in [0.2, 0.25) is 0 Å². The van der Waals surface area contributed by atoms with Crippen LogP contribution in [0.25, 0.3) is 10.9 Å². The maximum atomic E-state index is 13.7. The molecule has 1 aliphatic carbocycles. The van der Waals surface area contributed by atoms with E-state index in [1.807, 2.05) is 25.3 Å². The Bertz CT molecular complexity index is 1470. The highest BCUT2D eigenvalue weighted by atomic mass is 32.2. The van der Waals surface area contributed by atoms with E-state index in [0.29, 0.717) is 29.0 Å². The van der Waals surface area contributed by atoms with Crippen molar-refractivity contribution in [2.24, 2.45) is 11.3 Å². The van der Waals surface area contributed by atoms with E-state index in [9.17, 15) is 9.59 Å². The zero-order chi connectivity index (χ0) is 28.7. The number of rotatable bonds is 7. The lowest BCUT2D eigenvalue weighted by Gasteiger charge is -2.56. The molecule has 2 aliphatic heterocycles. The number of amides is 1. The minimum absolute atomic E-state index is 0.125. The van der Waals surface area contributed by atoms with Crippen LogP contribution in [-0.4, -0.2) is 59.0 Å². The van der Waals surface area contributed by atoms with Crippen molar-refractivity contribution in [3.8, 4) is 0 Å². The molecular weight excluding hydrogens is 532 g/mol. The molecule has 3 fully saturated rings. The van der Waals surface area contributed by atoms with Gasteiger partial charge >= 0.3 is 0 Å². The molecule has 41 heavy (non-hydrogen) atoms. The van der Waals surface area contributed by atoms with Crippen LogP contribution in [0.1, 0.15) is 78.8 Å². The van der Waals surface area contributed by atoms with Gasteiger partial charge in [-0.25, -0.2) is 0 Å².